The molecular formula is C25H20N4. The summed E-state index contributed by atoms with van der Waals surface area (Å²) in [4.78, 5) is 4.55. The number of anilines is 1. The second-order valence-corrected chi connectivity index (χ2v) is 7.20. The number of hydrogen-bond acceptors (Lipinski definition) is 3. The van der Waals surface area contributed by atoms with E-state index < -0.39 is 0 Å². The molecule has 0 radical (unpaired) electrons. The van der Waals surface area contributed by atoms with E-state index in [1.54, 1.807) is 0 Å². The lowest BCUT2D eigenvalue weighted by atomic mass is 10.0. The van der Waals surface area contributed by atoms with Gasteiger partial charge in [-0.25, -0.2) is 4.98 Å². The maximum Gasteiger partial charge on any atom is 0.130 e. The third-order valence-corrected chi connectivity index (χ3v) is 5.14. The molecule has 0 saturated heterocycles. The van der Waals surface area contributed by atoms with Crippen molar-refractivity contribution < 1.29 is 0 Å². The van der Waals surface area contributed by atoms with Gasteiger partial charge in [0.15, 0.2) is 0 Å². The maximum atomic E-state index is 4.55. The van der Waals surface area contributed by atoms with Crippen LogP contribution in [-0.4, -0.2) is 14.8 Å². The van der Waals surface area contributed by atoms with Crippen LogP contribution in [0.3, 0.4) is 0 Å². The second kappa shape index (κ2) is 6.91. The van der Waals surface area contributed by atoms with Gasteiger partial charge in [-0.3, -0.25) is 4.68 Å². The average molecular weight is 376 g/mol. The molecule has 2 heterocycles. The van der Waals surface area contributed by atoms with Crippen molar-refractivity contribution >= 4 is 33.1 Å². The normalized spacial score (nSPS) is 11.1. The highest BCUT2D eigenvalue weighted by Crippen LogP contribution is 2.27. The van der Waals surface area contributed by atoms with E-state index in [1.807, 2.05) is 42.5 Å². The summed E-state index contributed by atoms with van der Waals surface area (Å²) in [5.74, 6) is 0.777. The molecule has 0 aliphatic heterocycles. The first kappa shape index (κ1) is 17.2. The van der Waals surface area contributed by atoms with E-state index in [4.69, 9.17) is 0 Å². The van der Waals surface area contributed by atoms with Crippen LogP contribution in [0.15, 0.2) is 91.9 Å². The number of aromatic nitrogens is 3. The number of nitrogens with zero attached hydrogens (tertiary/aromatic N) is 3. The second-order valence-electron chi connectivity index (χ2n) is 7.20. The summed E-state index contributed by atoms with van der Waals surface area (Å²) in [6.07, 6.45) is 5.78. The van der Waals surface area contributed by atoms with Crippen molar-refractivity contribution in [3.63, 3.8) is 0 Å². The van der Waals surface area contributed by atoms with Gasteiger partial charge >= 0.3 is 0 Å². The van der Waals surface area contributed by atoms with E-state index in [1.165, 1.54) is 10.8 Å². The SMILES string of the molecule is C=C(Nc1cc2cc(-c3cnn(C)c3)ccc2cn1)c1ccc2ccccc2c1. The predicted molar refractivity (Wildman–Crippen MR) is 121 cm³/mol. The van der Waals surface area contributed by atoms with Gasteiger partial charge < -0.3 is 5.32 Å². The number of benzene rings is 3. The van der Waals surface area contributed by atoms with Crippen LogP contribution >= 0.6 is 0 Å². The number of hydrogen-bond donors (Lipinski definition) is 1. The minimum Gasteiger partial charge on any atom is -0.340 e. The Hall–Kier alpha value is -3.92. The van der Waals surface area contributed by atoms with E-state index in [-0.39, 0.29) is 0 Å². The minimum absolute atomic E-state index is 0.777. The van der Waals surface area contributed by atoms with Crippen molar-refractivity contribution in [1.82, 2.24) is 14.8 Å². The first-order valence-corrected chi connectivity index (χ1v) is 9.50. The maximum absolute atomic E-state index is 4.55. The smallest absolute Gasteiger partial charge is 0.130 e. The van der Waals surface area contributed by atoms with Gasteiger partial charge in [0.25, 0.3) is 0 Å². The summed E-state index contributed by atoms with van der Waals surface area (Å²) in [7, 11) is 1.93. The van der Waals surface area contributed by atoms with Crippen molar-refractivity contribution in [3.05, 3.63) is 97.5 Å². The van der Waals surface area contributed by atoms with Crippen molar-refractivity contribution in [2.45, 2.75) is 0 Å². The third kappa shape index (κ3) is 3.36. The fourth-order valence-corrected chi connectivity index (χ4v) is 3.56. The Morgan fingerprint density at radius 3 is 2.48 bits per heavy atom. The lowest BCUT2D eigenvalue weighted by Gasteiger charge is -2.11. The van der Waals surface area contributed by atoms with E-state index in [0.717, 1.165) is 39.0 Å². The monoisotopic (exact) mass is 376 g/mol. The molecule has 29 heavy (non-hydrogen) atoms. The Labute approximate surface area is 169 Å². The van der Waals surface area contributed by atoms with E-state index in [9.17, 15) is 0 Å². The number of rotatable bonds is 4. The summed E-state index contributed by atoms with van der Waals surface area (Å²) >= 11 is 0. The molecule has 0 fully saturated rings. The van der Waals surface area contributed by atoms with E-state index in [2.05, 4.69) is 76.6 Å². The van der Waals surface area contributed by atoms with Crippen LogP contribution in [-0.2, 0) is 7.05 Å². The van der Waals surface area contributed by atoms with Crippen LogP contribution in [0.1, 0.15) is 5.56 Å². The van der Waals surface area contributed by atoms with Crippen LogP contribution in [0.2, 0.25) is 0 Å². The summed E-state index contributed by atoms with van der Waals surface area (Å²) < 4.78 is 1.81. The predicted octanol–water partition coefficient (Wildman–Crippen LogP) is 5.87. The lowest BCUT2D eigenvalue weighted by Crippen LogP contribution is -1.99. The molecule has 1 N–H and O–H groups in total. The van der Waals surface area contributed by atoms with Crippen LogP contribution < -0.4 is 5.32 Å². The summed E-state index contributed by atoms with van der Waals surface area (Å²) in [5, 5.41) is 12.3. The highest BCUT2D eigenvalue weighted by Gasteiger charge is 2.06. The van der Waals surface area contributed by atoms with Crippen molar-refractivity contribution in [2.75, 3.05) is 5.32 Å². The molecule has 0 bridgehead atoms. The zero-order valence-electron chi connectivity index (χ0n) is 16.1. The van der Waals surface area contributed by atoms with Crippen LogP contribution in [0.4, 0.5) is 5.82 Å². The van der Waals surface area contributed by atoms with Gasteiger partial charge in [0, 0.05) is 36.1 Å². The number of nitrogens with one attached hydrogen (secondary N) is 1. The Kier molecular flexibility index (Phi) is 4.10. The molecule has 0 aliphatic carbocycles. The molecule has 0 atom stereocenters. The highest BCUT2D eigenvalue weighted by atomic mass is 15.2. The molecule has 0 spiro atoms. The van der Waals surface area contributed by atoms with Gasteiger partial charge in [-0.15, -0.1) is 0 Å². The first-order chi connectivity index (χ1) is 14.2. The molecule has 140 valence electrons. The summed E-state index contributed by atoms with van der Waals surface area (Å²) in [6.45, 7) is 4.21. The van der Waals surface area contributed by atoms with Gasteiger partial charge in [0.05, 0.1) is 6.20 Å². The van der Waals surface area contributed by atoms with Crippen LogP contribution in [0.5, 0.6) is 0 Å². The summed E-state index contributed by atoms with van der Waals surface area (Å²) in [5.41, 5.74) is 4.11. The topological polar surface area (TPSA) is 42.7 Å². The summed E-state index contributed by atoms with van der Waals surface area (Å²) in [6, 6.07) is 23.1. The number of fused-ring (bicyclic) bond motifs is 2. The molecule has 0 unspecified atom stereocenters. The molecule has 0 aliphatic rings. The molecule has 5 aromatic rings. The Bertz CT molecular complexity index is 1360. The van der Waals surface area contributed by atoms with Crippen LogP contribution in [0.25, 0.3) is 38.4 Å². The first-order valence-electron chi connectivity index (χ1n) is 9.50. The molecule has 0 amide bonds. The number of aryl methyl sites for hydroxylation is 1. The molecular weight excluding hydrogens is 356 g/mol. The Morgan fingerprint density at radius 2 is 1.66 bits per heavy atom. The fourth-order valence-electron chi connectivity index (χ4n) is 3.56. The number of pyridine rings is 1. The fraction of sp³-hybridized carbons (Fsp3) is 0.0400. The minimum atomic E-state index is 0.777. The van der Waals surface area contributed by atoms with Crippen LogP contribution in [0, 0.1) is 0 Å². The standard InChI is InChI=1S/C25H20N4/c1-17(19-8-7-18-5-3-4-6-20(18)11-19)28-25-13-23-12-21(9-10-22(23)14-26-25)24-15-27-29(2)16-24/h3-16H,1H2,2H3,(H,26,28). The molecule has 5 rings (SSSR count). The molecule has 2 aromatic heterocycles. The van der Waals surface area contributed by atoms with Gasteiger partial charge in [-0.05, 0) is 45.5 Å². The van der Waals surface area contributed by atoms with Gasteiger partial charge in [-0.1, -0.05) is 55.1 Å². The van der Waals surface area contributed by atoms with Crippen molar-refractivity contribution in [3.8, 4) is 11.1 Å². The van der Waals surface area contributed by atoms with Gasteiger partial charge in [0.2, 0.25) is 0 Å². The van der Waals surface area contributed by atoms with Gasteiger partial charge in [0.1, 0.15) is 5.82 Å². The third-order valence-electron chi connectivity index (χ3n) is 5.14. The molecule has 4 nitrogen and oxygen atoms in total. The Morgan fingerprint density at radius 1 is 0.828 bits per heavy atom. The molecule has 0 saturated carbocycles. The zero-order chi connectivity index (χ0) is 19.8. The zero-order valence-corrected chi connectivity index (χ0v) is 16.1. The molecule has 4 heteroatoms. The van der Waals surface area contributed by atoms with E-state index in [0.29, 0.717) is 0 Å². The quantitative estimate of drug-likeness (QED) is 0.426. The van der Waals surface area contributed by atoms with Crippen molar-refractivity contribution in [2.24, 2.45) is 7.05 Å². The lowest BCUT2D eigenvalue weighted by molar-refractivity contribution is 0.768. The Balaban J connectivity index is 1.45. The average Bonchev–Trinajstić information content (AvgIpc) is 3.19. The van der Waals surface area contributed by atoms with Gasteiger partial charge in [-0.2, -0.15) is 5.10 Å². The molecule has 3 aromatic carbocycles. The highest BCUT2D eigenvalue weighted by molar-refractivity contribution is 5.91. The largest absolute Gasteiger partial charge is 0.340 e. The van der Waals surface area contributed by atoms with E-state index >= 15 is 0 Å². The van der Waals surface area contributed by atoms with Crippen molar-refractivity contribution in [1.29, 1.82) is 0 Å².